The summed E-state index contributed by atoms with van der Waals surface area (Å²) in [6, 6.07) is 4.19. The molecule has 0 fully saturated rings. The minimum Gasteiger partial charge on any atom is -0.396 e. The van der Waals surface area contributed by atoms with Crippen LogP contribution >= 0.6 is 27.7 Å². The summed E-state index contributed by atoms with van der Waals surface area (Å²) in [7, 11) is 0. The van der Waals surface area contributed by atoms with E-state index in [1.54, 1.807) is 11.8 Å². The number of aliphatic hydroxyl groups is 1. The van der Waals surface area contributed by atoms with Crippen LogP contribution in [0, 0.1) is 19.3 Å². The fourth-order valence-corrected chi connectivity index (χ4v) is 3.23. The van der Waals surface area contributed by atoms with Gasteiger partial charge in [-0.05, 0) is 48.9 Å². The molecule has 0 aliphatic rings. The Kier molecular flexibility index (Phi) is 7.24. The lowest BCUT2D eigenvalue weighted by molar-refractivity contribution is -0.119. The molecule has 1 amide bonds. The van der Waals surface area contributed by atoms with Gasteiger partial charge in [0.15, 0.2) is 0 Å². The molecular formula is C16H24BrNO2S. The third-order valence-electron chi connectivity index (χ3n) is 3.37. The molecule has 0 bridgehead atoms. The van der Waals surface area contributed by atoms with Gasteiger partial charge < -0.3 is 10.4 Å². The molecule has 0 aliphatic carbocycles. The number of hydrogen-bond donors (Lipinski definition) is 2. The van der Waals surface area contributed by atoms with Crippen LogP contribution < -0.4 is 5.32 Å². The highest BCUT2D eigenvalue weighted by molar-refractivity contribution is 9.10. The van der Waals surface area contributed by atoms with Gasteiger partial charge in [-0.15, -0.1) is 11.8 Å². The average molecular weight is 374 g/mol. The van der Waals surface area contributed by atoms with Crippen LogP contribution in [0.25, 0.3) is 0 Å². The molecule has 5 heteroatoms. The Labute approximate surface area is 140 Å². The third kappa shape index (κ3) is 6.41. The first-order chi connectivity index (χ1) is 9.75. The third-order valence-corrected chi connectivity index (χ3v) is 5.38. The van der Waals surface area contributed by atoms with Crippen molar-refractivity contribution in [2.45, 2.75) is 39.0 Å². The molecule has 0 aromatic heterocycles. The summed E-state index contributed by atoms with van der Waals surface area (Å²) >= 11 is 5.07. The van der Waals surface area contributed by atoms with Gasteiger partial charge in [0.25, 0.3) is 0 Å². The smallest absolute Gasteiger partial charge is 0.230 e. The maximum absolute atomic E-state index is 11.9. The van der Waals surface area contributed by atoms with Gasteiger partial charge in [0.1, 0.15) is 0 Å². The largest absolute Gasteiger partial charge is 0.396 e. The number of carbonyl (C=O) groups excluding carboxylic acids is 1. The average Bonchev–Trinajstić information content (AvgIpc) is 2.39. The second-order valence-electron chi connectivity index (χ2n) is 6.07. The topological polar surface area (TPSA) is 49.3 Å². The molecule has 1 rings (SSSR count). The Morgan fingerprint density at radius 1 is 1.33 bits per heavy atom. The van der Waals surface area contributed by atoms with E-state index < -0.39 is 0 Å². The van der Waals surface area contributed by atoms with Crippen LogP contribution in [0.4, 0.5) is 0 Å². The molecule has 0 saturated carbocycles. The number of halogens is 1. The summed E-state index contributed by atoms with van der Waals surface area (Å²) in [5.74, 6) is 0.447. The number of aryl methyl sites for hydroxylation is 2. The van der Waals surface area contributed by atoms with Crippen LogP contribution in [0.15, 0.2) is 21.5 Å². The first-order valence-corrected chi connectivity index (χ1v) is 8.80. The van der Waals surface area contributed by atoms with E-state index in [4.69, 9.17) is 5.11 Å². The van der Waals surface area contributed by atoms with Crippen molar-refractivity contribution in [2.24, 2.45) is 5.41 Å². The van der Waals surface area contributed by atoms with Gasteiger partial charge >= 0.3 is 0 Å². The molecule has 3 nitrogen and oxygen atoms in total. The van der Waals surface area contributed by atoms with Crippen molar-refractivity contribution in [3.63, 3.8) is 0 Å². The van der Waals surface area contributed by atoms with Crippen molar-refractivity contribution in [3.8, 4) is 0 Å². The van der Waals surface area contributed by atoms with Gasteiger partial charge in [0.05, 0.1) is 5.75 Å². The quantitative estimate of drug-likeness (QED) is 0.716. The molecule has 0 spiro atoms. The van der Waals surface area contributed by atoms with E-state index in [9.17, 15) is 4.79 Å². The van der Waals surface area contributed by atoms with Gasteiger partial charge in [-0.3, -0.25) is 4.79 Å². The summed E-state index contributed by atoms with van der Waals surface area (Å²) < 4.78 is 1.10. The molecule has 0 radical (unpaired) electrons. The highest BCUT2D eigenvalue weighted by Crippen LogP contribution is 2.28. The molecule has 0 saturated heterocycles. The zero-order valence-electron chi connectivity index (χ0n) is 13.1. The Hall–Kier alpha value is -0.520. The molecule has 1 aromatic carbocycles. The Morgan fingerprint density at radius 2 is 2.00 bits per heavy atom. The van der Waals surface area contributed by atoms with Crippen molar-refractivity contribution >= 4 is 33.6 Å². The maximum atomic E-state index is 11.9. The first-order valence-electron chi connectivity index (χ1n) is 7.02. The Bertz CT molecular complexity index is 503. The molecular weight excluding hydrogens is 350 g/mol. The molecule has 0 aliphatic heterocycles. The number of amides is 1. The summed E-state index contributed by atoms with van der Waals surface area (Å²) in [5.41, 5.74) is 2.28. The van der Waals surface area contributed by atoms with Crippen LogP contribution in [-0.4, -0.2) is 29.9 Å². The van der Waals surface area contributed by atoms with Gasteiger partial charge in [-0.1, -0.05) is 29.8 Å². The number of thioether (sulfide) groups is 1. The Morgan fingerprint density at radius 3 is 2.62 bits per heavy atom. The first kappa shape index (κ1) is 18.5. The lowest BCUT2D eigenvalue weighted by Crippen LogP contribution is -2.35. The van der Waals surface area contributed by atoms with Crippen molar-refractivity contribution in [1.82, 2.24) is 5.32 Å². The lowest BCUT2D eigenvalue weighted by atomic mass is 9.90. The fourth-order valence-electron chi connectivity index (χ4n) is 1.83. The Balaban J connectivity index is 2.49. The number of carbonyl (C=O) groups is 1. The van der Waals surface area contributed by atoms with E-state index in [-0.39, 0.29) is 17.9 Å². The zero-order valence-corrected chi connectivity index (χ0v) is 15.5. The van der Waals surface area contributed by atoms with E-state index in [0.29, 0.717) is 18.7 Å². The summed E-state index contributed by atoms with van der Waals surface area (Å²) in [5, 5.41) is 11.9. The van der Waals surface area contributed by atoms with Crippen LogP contribution in [0.1, 0.15) is 31.4 Å². The molecule has 21 heavy (non-hydrogen) atoms. The maximum Gasteiger partial charge on any atom is 0.230 e. The number of benzene rings is 1. The molecule has 0 unspecified atom stereocenters. The molecule has 118 valence electrons. The molecule has 0 atom stereocenters. The summed E-state index contributed by atoms with van der Waals surface area (Å²) in [6.07, 6.45) is 0.686. The second-order valence-corrected chi connectivity index (χ2v) is 7.94. The highest BCUT2D eigenvalue weighted by atomic mass is 79.9. The minimum absolute atomic E-state index is 0.0333. The molecule has 0 heterocycles. The molecule has 1 aromatic rings. The summed E-state index contributed by atoms with van der Waals surface area (Å²) in [6.45, 7) is 8.91. The van der Waals surface area contributed by atoms with Crippen molar-refractivity contribution in [2.75, 3.05) is 18.9 Å². The van der Waals surface area contributed by atoms with Crippen LogP contribution in [0.2, 0.25) is 0 Å². The monoisotopic (exact) mass is 373 g/mol. The van der Waals surface area contributed by atoms with E-state index >= 15 is 0 Å². The minimum atomic E-state index is -0.0702. The van der Waals surface area contributed by atoms with Crippen molar-refractivity contribution in [3.05, 3.63) is 27.7 Å². The normalized spacial score (nSPS) is 11.5. The van der Waals surface area contributed by atoms with Crippen LogP contribution in [0.5, 0.6) is 0 Å². The second kappa shape index (κ2) is 8.20. The fraction of sp³-hybridized carbons (Fsp3) is 0.562. The van der Waals surface area contributed by atoms with Gasteiger partial charge in [-0.2, -0.15) is 0 Å². The van der Waals surface area contributed by atoms with Gasteiger partial charge in [0.2, 0.25) is 5.91 Å². The van der Waals surface area contributed by atoms with E-state index in [1.807, 2.05) is 20.8 Å². The highest BCUT2D eigenvalue weighted by Gasteiger charge is 2.18. The van der Waals surface area contributed by atoms with E-state index in [0.717, 1.165) is 9.37 Å². The number of aliphatic hydroxyl groups excluding tert-OH is 1. The van der Waals surface area contributed by atoms with Gasteiger partial charge in [0, 0.05) is 22.5 Å². The summed E-state index contributed by atoms with van der Waals surface area (Å²) in [4.78, 5) is 13.1. The predicted octanol–water partition coefficient (Wildman–Crippen LogP) is 3.68. The van der Waals surface area contributed by atoms with E-state index in [2.05, 4.69) is 40.3 Å². The zero-order chi connectivity index (χ0) is 16.0. The molecule has 2 N–H and O–H groups in total. The van der Waals surface area contributed by atoms with Crippen molar-refractivity contribution in [1.29, 1.82) is 0 Å². The van der Waals surface area contributed by atoms with Crippen LogP contribution in [0.3, 0.4) is 0 Å². The van der Waals surface area contributed by atoms with Crippen molar-refractivity contribution < 1.29 is 9.90 Å². The number of hydrogen-bond acceptors (Lipinski definition) is 3. The van der Waals surface area contributed by atoms with Crippen LogP contribution in [-0.2, 0) is 4.79 Å². The SMILES string of the molecule is Cc1cc(SCC(=O)NCC(C)(C)CCO)c(C)cc1Br. The predicted molar refractivity (Wildman–Crippen MR) is 92.8 cm³/mol. The number of nitrogens with one attached hydrogen (secondary N) is 1. The lowest BCUT2D eigenvalue weighted by Gasteiger charge is -2.23. The standard InChI is InChI=1S/C16H24BrNO2S/c1-11-8-14(12(2)7-13(11)17)21-9-15(20)18-10-16(3,4)5-6-19/h7-8,19H,5-6,9-10H2,1-4H3,(H,18,20). The van der Waals surface area contributed by atoms with Gasteiger partial charge in [-0.25, -0.2) is 0 Å². The number of rotatable bonds is 7. The van der Waals surface area contributed by atoms with E-state index in [1.165, 1.54) is 11.1 Å².